The molecule has 7 heteroatoms. The molecule has 1 aromatic rings. The van der Waals surface area contributed by atoms with Gasteiger partial charge in [-0.2, -0.15) is 0 Å². The Morgan fingerprint density at radius 3 is 2.33 bits per heavy atom. The minimum absolute atomic E-state index is 0.268. The van der Waals surface area contributed by atoms with E-state index in [1.807, 2.05) is 25.9 Å². The molecule has 0 aliphatic rings. The van der Waals surface area contributed by atoms with E-state index in [1.54, 1.807) is 31.2 Å². The number of anilines is 1. The third-order valence-electron chi connectivity index (χ3n) is 3.27. The molecule has 0 radical (unpaired) electrons. The molecule has 0 aliphatic carbocycles. The fraction of sp³-hybridized carbons (Fsp3) is 0.471. The molecule has 0 unspecified atom stereocenters. The monoisotopic (exact) mass is 335 g/mol. The molecule has 0 fully saturated rings. The van der Waals surface area contributed by atoms with Crippen molar-refractivity contribution >= 4 is 23.5 Å². The summed E-state index contributed by atoms with van der Waals surface area (Å²) < 4.78 is 4.96. The van der Waals surface area contributed by atoms with E-state index >= 15 is 0 Å². The molecule has 0 heterocycles. The predicted octanol–water partition coefficient (Wildman–Crippen LogP) is 0.940. The van der Waals surface area contributed by atoms with Crippen LogP contribution < -0.4 is 15.5 Å². The first-order valence-electron chi connectivity index (χ1n) is 7.86. The van der Waals surface area contributed by atoms with E-state index in [-0.39, 0.29) is 5.91 Å². The highest BCUT2D eigenvalue weighted by atomic mass is 16.5. The highest BCUT2D eigenvalue weighted by Crippen LogP contribution is 2.12. The molecule has 1 atom stereocenters. The Kier molecular flexibility index (Phi) is 7.74. The van der Waals surface area contributed by atoms with Gasteiger partial charge in [0.1, 0.15) is 6.04 Å². The van der Waals surface area contributed by atoms with Gasteiger partial charge in [-0.15, -0.1) is 0 Å². The summed E-state index contributed by atoms with van der Waals surface area (Å²) in [7, 11) is 3.80. The molecule has 24 heavy (non-hydrogen) atoms. The fourth-order valence-corrected chi connectivity index (χ4v) is 1.86. The van der Waals surface area contributed by atoms with E-state index in [0.29, 0.717) is 12.1 Å². The van der Waals surface area contributed by atoms with E-state index in [1.165, 1.54) is 0 Å². The molecule has 0 saturated carbocycles. The van der Waals surface area contributed by atoms with Gasteiger partial charge in [0.2, 0.25) is 5.91 Å². The molecule has 2 N–H and O–H groups in total. The summed E-state index contributed by atoms with van der Waals surface area (Å²) in [6, 6.07) is 6.17. The van der Waals surface area contributed by atoms with Gasteiger partial charge in [0.25, 0.3) is 5.91 Å². The lowest BCUT2D eigenvalue weighted by molar-refractivity contribution is -0.130. The van der Waals surface area contributed by atoms with Crippen molar-refractivity contribution < 1.29 is 19.1 Å². The Labute approximate surface area is 142 Å². The van der Waals surface area contributed by atoms with Gasteiger partial charge < -0.3 is 20.3 Å². The van der Waals surface area contributed by atoms with Crippen LogP contribution in [0.4, 0.5) is 5.69 Å². The van der Waals surface area contributed by atoms with Gasteiger partial charge in [0.15, 0.2) is 6.61 Å². The summed E-state index contributed by atoms with van der Waals surface area (Å²) in [6.07, 6.45) is 0.816. The van der Waals surface area contributed by atoms with E-state index in [9.17, 15) is 14.4 Å². The third kappa shape index (κ3) is 6.28. The second-order valence-corrected chi connectivity index (χ2v) is 5.60. The van der Waals surface area contributed by atoms with Gasteiger partial charge in [-0.1, -0.05) is 6.92 Å². The zero-order valence-corrected chi connectivity index (χ0v) is 14.6. The van der Waals surface area contributed by atoms with E-state index in [2.05, 4.69) is 10.6 Å². The van der Waals surface area contributed by atoms with Gasteiger partial charge in [-0.05, 0) is 37.6 Å². The predicted molar refractivity (Wildman–Crippen MR) is 92.0 cm³/mol. The Bertz CT molecular complexity index is 570. The van der Waals surface area contributed by atoms with Gasteiger partial charge in [-0.3, -0.25) is 9.59 Å². The Morgan fingerprint density at radius 2 is 1.79 bits per heavy atom. The molecule has 0 saturated heterocycles. The molecule has 0 spiro atoms. The summed E-state index contributed by atoms with van der Waals surface area (Å²) in [5, 5.41) is 5.16. The first kappa shape index (κ1) is 19.5. The maximum absolute atomic E-state index is 11.9. The van der Waals surface area contributed by atoms with Crippen LogP contribution >= 0.6 is 0 Å². The van der Waals surface area contributed by atoms with E-state index in [0.717, 1.165) is 12.1 Å². The molecule has 0 aromatic heterocycles. The molecule has 2 amide bonds. The van der Waals surface area contributed by atoms with Crippen molar-refractivity contribution in [3.8, 4) is 0 Å². The van der Waals surface area contributed by atoms with Crippen molar-refractivity contribution in [1.82, 2.24) is 10.6 Å². The topological polar surface area (TPSA) is 87.7 Å². The minimum atomic E-state index is -0.679. The molecular weight excluding hydrogens is 310 g/mol. The van der Waals surface area contributed by atoms with Crippen molar-refractivity contribution in [3.05, 3.63) is 29.8 Å². The van der Waals surface area contributed by atoms with Crippen LogP contribution in [0.5, 0.6) is 0 Å². The summed E-state index contributed by atoms with van der Waals surface area (Å²) >= 11 is 0. The van der Waals surface area contributed by atoms with Crippen LogP contribution in [-0.2, 0) is 14.3 Å². The van der Waals surface area contributed by atoms with Crippen molar-refractivity contribution in [1.29, 1.82) is 0 Å². The van der Waals surface area contributed by atoms with Crippen LogP contribution in [0, 0.1) is 0 Å². The van der Waals surface area contributed by atoms with Gasteiger partial charge in [-0.25, -0.2) is 4.79 Å². The van der Waals surface area contributed by atoms with Crippen molar-refractivity contribution in [3.63, 3.8) is 0 Å². The second-order valence-electron chi connectivity index (χ2n) is 5.60. The van der Waals surface area contributed by atoms with Gasteiger partial charge >= 0.3 is 5.97 Å². The maximum atomic E-state index is 11.9. The highest BCUT2D eigenvalue weighted by Gasteiger charge is 2.16. The Morgan fingerprint density at radius 1 is 1.17 bits per heavy atom. The average molecular weight is 335 g/mol. The zero-order valence-electron chi connectivity index (χ0n) is 14.6. The summed E-state index contributed by atoms with van der Waals surface area (Å²) in [5.74, 6) is -1.37. The second kappa shape index (κ2) is 9.54. The van der Waals surface area contributed by atoms with Gasteiger partial charge in [0, 0.05) is 26.3 Å². The number of hydrogen-bond acceptors (Lipinski definition) is 5. The Balaban J connectivity index is 2.43. The van der Waals surface area contributed by atoms with E-state index in [4.69, 9.17) is 4.74 Å². The quantitative estimate of drug-likeness (QED) is 0.691. The largest absolute Gasteiger partial charge is 0.452 e. The van der Waals surface area contributed by atoms with Crippen LogP contribution in [0.3, 0.4) is 0 Å². The normalized spacial score (nSPS) is 11.3. The number of amides is 2. The Hall–Kier alpha value is -2.57. The number of carbonyl (C=O) groups excluding carboxylic acids is 3. The van der Waals surface area contributed by atoms with E-state index < -0.39 is 24.5 Å². The lowest BCUT2D eigenvalue weighted by atomic mass is 10.2. The molecule has 7 nitrogen and oxygen atoms in total. The fourth-order valence-electron chi connectivity index (χ4n) is 1.86. The molecule has 1 aromatic carbocycles. The summed E-state index contributed by atoms with van der Waals surface area (Å²) in [4.78, 5) is 37.2. The smallest absolute Gasteiger partial charge is 0.338 e. The molecule has 1 rings (SSSR count). The minimum Gasteiger partial charge on any atom is -0.452 e. The summed E-state index contributed by atoms with van der Waals surface area (Å²) in [5.41, 5.74) is 1.32. The molecule has 0 aliphatic heterocycles. The number of carbonyl (C=O) groups is 3. The number of benzene rings is 1. The number of ether oxygens (including phenoxy) is 1. The number of hydrogen-bond donors (Lipinski definition) is 2. The van der Waals surface area contributed by atoms with Gasteiger partial charge in [0.05, 0.1) is 5.56 Å². The van der Waals surface area contributed by atoms with Crippen LogP contribution in [0.25, 0.3) is 0 Å². The van der Waals surface area contributed by atoms with Crippen LogP contribution in [0.15, 0.2) is 24.3 Å². The summed E-state index contributed by atoms with van der Waals surface area (Å²) in [6.45, 7) is 3.63. The third-order valence-corrected chi connectivity index (χ3v) is 3.27. The van der Waals surface area contributed by atoms with Crippen molar-refractivity contribution in [2.75, 3.05) is 32.1 Å². The maximum Gasteiger partial charge on any atom is 0.338 e. The number of nitrogens with one attached hydrogen (secondary N) is 2. The number of nitrogens with zero attached hydrogens (tertiary/aromatic N) is 1. The first-order valence-corrected chi connectivity index (χ1v) is 7.86. The number of esters is 1. The SMILES string of the molecule is CCCNC(=O)[C@H](C)NC(=O)COC(=O)c1ccc(N(C)C)cc1. The highest BCUT2D eigenvalue weighted by molar-refractivity contribution is 5.92. The molecule has 0 bridgehead atoms. The van der Waals surface area contributed by atoms with Crippen LogP contribution in [0.1, 0.15) is 30.6 Å². The first-order chi connectivity index (χ1) is 11.3. The lowest BCUT2D eigenvalue weighted by Gasteiger charge is -2.14. The molecular formula is C17H25N3O4. The molecule has 132 valence electrons. The lowest BCUT2D eigenvalue weighted by Crippen LogP contribution is -2.46. The van der Waals surface area contributed by atoms with Crippen LogP contribution in [-0.4, -0.2) is 51.1 Å². The zero-order chi connectivity index (χ0) is 18.1. The average Bonchev–Trinajstić information content (AvgIpc) is 2.57. The van der Waals surface area contributed by atoms with Crippen LogP contribution in [0.2, 0.25) is 0 Å². The van der Waals surface area contributed by atoms with Crippen molar-refractivity contribution in [2.24, 2.45) is 0 Å². The van der Waals surface area contributed by atoms with Crippen molar-refractivity contribution in [2.45, 2.75) is 26.3 Å². The standard InChI is InChI=1S/C17H25N3O4/c1-5-10-18-16(22)12(2)19-15(21)11-24-17(23)13-6-8-14(9-7-13)20(3)4/h6-9,12H,5,10-11H2,1-4H3,(H,18,22)(H,19,21)/t12-/m0/s1. The number of rotatable bonds is 8.